The van der Waals surface area contributed by atoms with E-state index in [2.05, 4.69) is 5.16 Å². The predicted molar refractivity (Wildman–Crippen MR) is 106 cm³/mol. The third-order valence-corrected chi connectivity index (χ3v) is 4.47. The van der Waals surface area contributed by atoms with Gasteiger partial charge in [-0.05, 0) is 12.1 Å². The summed E-state index contributed by atoms with van der Waals surface area (Å²) in [6.07, 6.45) is 0.756. The number of hydrogen-bond acceptors (Lipinski definition) is 6. The molecule has 4 rings (SSSR count). The number of benzene rings is 3. The summed E-state index contributed by atoms with van der Waals surface area (Å²) in [6.45, 7) is 0.170. The number of fused-ring (bicyclic) bond motifs is 1. The summed E-state index contributed by atoms with van der Waals surface area (Å²) in [6, 6.07) is 18.1. The van der Waals surface area contributed by atoms with Crippen LogP contribution in [-0.2, 0) is 22.8 Å². The van der Waals surface area contributed by atoms with Gasteiger partial charge >= 0.3 is 0 Å². The lowest BCUT2D eigenvalue weighted by atomic mass is 10.1. The summed E-state index contributed by atoms with van der Waals surface area (Å²) in [5.41, 5.74) is 2.40. The first kappa shape index (κ1) is 19.5. The lowest BCUT2D eigenvalue weighted by Gasteiger charge is -2.28. The summed E-state index contributed by atoms with van der Waals surface area (Å²) >= 11 is 0. The molecule has 1 heterocycles. The van der Waals surface area contributed by atoms with Crippen molar-refractivity contribution in [2.24, 2.45) is 5.16 Å². The highest BCUT2D eigenvalue weighted by Gasteiger charge is 2.25. The molecule has 7 nitrogen and oxygen atoms in total. The topological polar surface area (TPSA) is 83.2 Å². The van der Waals surface area contributed by atoms with Crippen LogP contribution in [0.15, 0.2) is 71.9 Å². The first-order chi connectivity index (χ1) is 14.6. The molecule has 0 saturated carbocycles. The van der Waals surface area contributed by atoms with Crippen LogP contribution in [0, 0.1) is 15.9 Å². The highest BCUT2D eigenvalue weighted by molar-refractivity contribution is 5.80. The van der Waals surface area contributed by atoms with E-state index in [4.69, 9.17) is 14.3 Å². The van der Waals surface area contributed by atoms with Crippen LogP contribution in [0.3, 0.4) is 0 Å². The second kappa shape index (κ2) is 8.71. The molecule has 1 aliphatic heterocycles. The van der Waals surface area contributed by atoms with Crippen LogP contribution in [-0.4, -0.2) is 11.1 Å². The van der Waals surface area contributed by atoms with Crippen LogP contribution in [0.25, 0.3) is 0 Å². The van der Waals surface area contributed by atoms with Crippen LogP contribution < -0.4 is 4.74 Å². The molecule has 0 saturated heterocycles. The molecule has 0 aromatic heterocycles. The van der Waals surface area contributed by atoms with E-state index in [1.807, 2.05) is 30.3 Å². The molecule has 0 amide bonds. The van der Waals surface area contributed by atoms with E-state index < -0.39 is 17.0 Å². The van der Waals surface area contributed by atoms with E-state index in [1.165, 1.54) is 30.5 Å². The molecule has 0 N–H and O–H groups in total. The Morgan fingerprint density at radius 1 is 1.17 bits per heavy atom. The standard InChI is InChI=1S/C22H17FN2O5/c23-19-10-17-13-28-22(16-6-2-1-3-7-16)30-21(17)18(11-19)14-29-24-12-15-5-4-8-20(9-15)25(26)27/h1-12,22H,13-14H2/b24-12+. The average molecular weight is 408 g/mol. The maximum Gasteiger partial charge on any atom is 0.270 e. The molecule has 0 fully saturated rings. The zero-order valence-electron chi connectivity index (χ0n) is 15.7. The van der Waals surface area contributed by atoms with Crippen molar-refractivity contribution in [2.75, 3.05) is 0 Å². The van der Waals surface area contributed by atoms with Gasteiger partial charge in [-0.3, -0.25) is 10.1 Å². The van der Waals surface area contributed by atoms with Crippen LogP contribution in [0.2, 0.25) is 0 Å². The van der Waals surface area contributed by atoms with Crippen molar-refractivity contribution in [3.8, 4) is 5.75 Å². The summed E-state index contributed by atoms with van der Waals surface area (Å²) in [7, 11) is 0. The molecule has 3 aromatic rings. The van der Waals surface area contributed by atoms with Gasteiger partial charge in [0.2, 0.25) is 6.29 Å². The normalized spacial score (nSPS) is 15.4. The first-order valence-corrected chi connectivity index (χ1v) is 9.14. The number of halogens is 1. The fourth-order valence-corrected chi connectivity index (χ4v) is 3.08. The summed E-state index contributed by atoms with van der Waals surface area (Å²) in [4.78, 5) is 15.6. The number of nitro benzene ring substituents is 1. The van der Waals surface area contributed by atoms with Gasteiger partial charge in [0, 0.05) is 34.4 Å². The fourth-order valence-electron chi connectivity index (χ4n) is 3.08. The van der Waals surface area contributed by atoms with Crippen molar-refractivity contribution >= 4 is 11.9 Å². The Kier molecular flexibility index (Phi) is 5.67. The minimum Gasteiger partial charge on any atom is -0.460 e. The fraction of sp³-hybridized carbons (Fsp3) is 0.136. The Morgan fingerprint density at radius 3 is 2.80 bits per heavy atom. The molecule has 0 bridgehead atoms. The minimum atomic E-state index is -0.601. The Bertz CT molecular complexity index is 1090. The SMILES string of the molecule is O=[N+]([O-])c1cccc(/C=N/OCc2cc(F)cc3c2OC(c2ccccc2)OC3)c1. The van der Waals surface area contributed by atoms with Gasteiger partial charge in [0.1, 0.15) is 18.2 Å². The zero-order chi connectivity index (χ0) is 20.9. The Morgan fingerprint density at radius 2 is 2.00 bits per heavy atom. The monoisotopic (exact) mass is 408 g/mol. The molecular weight excluding hydrogens is 391 g/mol. The van der Waals surface area contributed by atoms with Gasteiger partial charge in [0.15, 0.2) is 0 Å². The number of nitro groups is 1. The van der Waals surface area contributed by atoms with E-state index in [1.54, 1.807) is 12.1 Å². The van der Waals surface area contributed by atoms with Crippen molar-refractivity contribution in [3.05, 3.63) is 105 Å². The number of nitrogens with zero attached hydrogens (tertiary/aromatic N) is 2. The van der Waals surface area contributed by atoms with Crippen molar-refractivity contribution in [3.63, 3.8) is 0 Å². The van der Waals surface area contributed by atoms with Gasteiger partial charge < -0.3 is 14.3 Å². The summed E-state index contributed by atoms with van der Waals surface area (Å²) in [5, 5.41) is 14.7. The summed E-state index contributed by atoms with van der Waals surface area (Å²) < 4.78 is 25.7. The number of non-ortho nitro benzene ring substituents is 1. The predicted octanol–water partition coefficient (Wildman–Crippen LogP) is 4.89. The largest absolute Gasteiger partial charge is 0.460 e. The maximum atomic E-state index is 14.0. The molecule has 0 radical (unpaired) electrons. The zero-order valence-corrected chi connectivity index (χ0v) is 15.7. The van der Waals surface area contributed by atoms with Gasteiger partial charge in [0.25, 0.3) is 5.69 Å². The smallest absolute Gasteiger partial charge is 0.270 e. The summed E-state index contributed by atoms with van der Waals surface area (Å²) in [5.74, 6) is 0.0717. The third-order valence-electron chi connectivity index (χ3n) is 4.47. The van der Waals surface area contributed by atoms with Crippen LogP contribution in [0.1, 0.15) is 28.5 Å². The Balaban J connectivity index is 1.48. The van der Waals surface area contributed by atoms with Gasteiger partial charge in [-0.1, -0.05) is 47.6 Å². The Labute approximate surface area is 171 Å². The second-order valence-corrected chi connectivity index (χ2v) is 6.58. The average Bonchev–Trinajstić information content (AvgIpc) is 2.77. The van der Waals surface area contributed by atoms with Crippen molar-refractivity contribution in [1.29, 1.82) is 0 Å². The molecule has 3 aromatic carbocycles. The van der Waals surface area contributed by atoms with Crippen LogP contribution in [0.4, 0.5) is 10.1 Å². The Hall–Kier alpha value is -3.78. The molecule has 0 spiro atoms. The third kappa shape index (κ3) is 4.44. The van der Waals surface area contributed by atoms with E-state index in [-0.39, 0.29) is 18.9 Å². The molecular formula is C22H17FN2O5. The van der Waals surface area contributed by atoms with E-state index in [9.17, 15) is 14.5 Å². The minimum absolute atomic E-state index is 0.0347. The molecule has 1 atom stereocenters. The van der Waals surface area contributed by atoms with Gasteiger partial charge in [-0.25, -0.2) is 4.39 Å². The number of rotatable bonds is 6. The lowest BCUT2D eigenvalue weighted by Crippen LogP contribution is -2.19. The molecule has 30 heavy (non-hydrogen) atoms. The van der Waals surface area contributed by atoms with Crippen molar-refractivity contribution < 1.29 is 23.6 Å². The van der Waals surface area contributed by atoms with E-state index in [0.29, 0.717) is 22.4 Å². The first-order valence-electron chi connectivity index (χ1n) is 9.14. The van der Waals surface area contributed by atoms with Gasteiger partial charge in [-0.2, -0.15) is 0 Å². The highest BCUT2D eigenvalue weighted by Crippen LogP contribution is 2.36. The van der Waals surface area contributed by atoms with E-state index >= 15 is 0 Å². The lowest BCUT2D eigenvalue weighted by molar-refractivity contribution is -0.384. The second-order valence-electron chi connectivity index (χ2n) is 6.58. The molecule has 152 valence electrons. The molecule has 1 unspecified atom stereocenters. The quantitative estimate of drug-likeness (QED) is 0.329. The van der Waals surface area contributed by atoms with Crippen LogP contribution >= 0.6 is 0 Å². The van der Waals surface area contributed by atoms with Crippen molar-refractivity contribution in [1.82, 2.24) is 0 Å². The molecule has 1 aliphatic rings. The maximum absolute atomic E-state index is 14.0. The van der Waals surface area contributed by atoms with E-state index in [0.717, 1.165) is 5.56 Å². The van der Waals surface area contributed by atoms with Crippen molar-refractivity contribution in [2.45, 2.75) is 19.5 Å². The van der Waals surface area contributed by atoms with Gasteiger partial charge in [0.05, 0.1) is 17.7 Å². The molecule has 8 heteroatoms. The number of ether oxygens (including phenoxy) is 2. The number of hydrogen-bond donors (Lipinski definition) is 0. The van der Waals surface area contributed by atoms with Crippen LogP contribution in [0.5, 0.6) is 5.75 Å². The molecule has 0 aliphatic carbocycles. The highest BCUT2D eigenvalue weighted by atomic mass is 19.1. The number of oxime groups is 1. The van der Waals surface area contributed by atoms with Gasteiger partial charge in [-0.15, -0.1) is 0 Å².